The monoisotopic (exact) mass is 365 g/mol. The number of rotatable bonds is 4. The van der Waals surface area contributed by atoms with Crippen LogP contribution in [0.1, 0.15) is 36.3 Å². The van der Waals surface area contributed by atoms with Gasteiger partial charge < -0.3 is 14.4 Å². The quantitative estimate of drug-likeness (QED) is 0.826. The molecule has 2 aromatic carbocycles. The van der Waals surface area contributed by atoms with Gasteiger partial charge in [0.15, 0.2) is 11.5 Å². The molecule has 0 N–H and O–H groups in total. The Hall–Kier alpha value is -2.33. The fourth-order valence-electron chi connectivity index (χ4n) is 5.29. The largest absolute Gasteiger partial charge is 0.493 e. The van der Waals surface area contributed by atoms with Crippen molar-refractivity contribution in [3.63, 3.8) is 0 Å². The Labute approximate surface area is 161 Å². The Morgan fingerprint density at radius 2 is 1.74 bits per heavy atom. The van der Waals surface area contributed by atoms with Crippen molar-refractivity contribution in [2.75, 3.05) is 27.8 Å². The molecule has 1 saturated carbocycles. The summed E-state index contributed by atoms with van der Waals surface area (Å²) in [6.07, 6.45) is 2.26. The smallest absolute Gasteiger partial charge is 0.161 e. The number of likely N-dealkylation sites (tertiary alicyclic amines) is 1. The number of likely N-dealkylation sites (N-methyl/N-ethyl adjacent to an activating group) is 1. The zero-order valence-corrected chi connectivity index (χ0v) is 16.3. The average Bonchev–Trinajstić information content (AvgIpc) is 3.05. The predicted octanol–water partition coefficient (Wildman–Crippen LogP) is 3.79. The molecule has 2 aromatic rings. The van der Waals surface area contributed by atoms with Crippen molar-refractivity contribution in [2.45, 2.75) is 36.6 Å². The zero-order chi connectivity index (χ0) is 19.0. The number of nitrogens with zero attached hydrogens (tertiary/aromatic N) is 1. The highest BCUT2D eigenvalue weighted by atomic mass is 16.5. The molecule has 0 spiro atoms. The first kappa shape index (κ1) is 18.1. The fraction of sp³-hybridized carbons (Fsp3) is 0.435. The summed E-state index contributed by atoms with van der Waals surface area (Å²) in [4.78, 5) is 15.0. The van der Waals surface area contributed by atoms with Gasteiger partial charge in [0.05, 0.1) is 14.2 Å². The van der Waals surface area contributed by atoms with E-state index >= 15 is 0 Å². The van der Waals surface area contributed by atoms with Gasteiger partial charge in [-0.05, 0) is 43.3 Å². The highest BCUT2D eigenvalue weighted by molar-refractivity contribution is 5.82. The van der Waals surface area contributed by atoms with E-state index in [9.17, 15) is 4.79 Å². The Bertz CT molecular complexity index is 835. The molecule has 2 fully saturated rings. The Morgan fingerprint density at radius 3 is 2.44 bits per heavy atom. The molecule has 0 aromatic heterocycles. The molecule has 142 valence electrons. The van der Waals surface area contributed by atoms with Gasteiger partial charge in [-0.2, -0.15) is 0 Å². The number of Topliss-reactive ketones (excluding diaryl/α,β-unsaturated/α-hetero) is 1. The molecule has 3 atom stereocenters. The van der Waals surface area contributed by atoms with E-state index in [2.05, 4.69) is 48.3 Å². The topological polar surface area (TPSA) is 38.8 Å². The lowest BCUT2D eigenvalue weighted by molar-refractivity contribution is -0.123. The zero-order valence-electron chi connectivity index (χ0n) is 16.3. The first-order valence-electron chi connectivity index (χ1n) is 9.59. The normalized spacial score (nSPS) is 28.0. The van der Waals surface area contributed by atoms with E-state index in [1.54, 1.807) is 14.2 Å². The first-order valence-corrected chi connectivity index (χ1v) is 9.59. The number of hydrogen-bond acceptors (Lipinski definition) is 4. The lowest BCUT2D eigenvalue weighted by Crippen LogP contribution is -2.50. The van der Waals surface area contributed by atoms with Gasteiger partial charge in [0.1, 0.15) is 5.78 Å². The maximum absolute atomic E-state index is 12.7. The number of hydrogen-bond donors (Lipinski definition) is 0. The summed E-state index contributed by atoms with van der Waals surface area (Å²) in [6, 6.07) is 17.0. The standard InChI is InChI=1S/C23H27NO3/c1-24-12-11-23(17-9-10-20(26-2)21(13-17)27-3)19(14-18(25)15-22(23)24)16-7-5-4-6-8-16/h4-10,13,19,22H,11-12,14-15H2,1-3H3. The number of carbonyl (C=O) groups is 1. The van der Waals surface area contributed by atoms with E-state index in [1.807, 2.05) is 12.1 Å². The summed E-state index contributed by atoms with van der Waals surface area (Å²) < 4.78 is 11.0. The molecular formula is C23H27NO3. The van der Waals surface area contributed by atoms with Crippen LogP contribution in [0.15, 0.2) is 48.5 Å². The molecule has 0 radical (unpaired) electrons. The minimum atomic E-state index is -0.0937. The first-order chi connectivity index (χ1) is 13.1. The Balaban J connectivity index is 1.90. The summed E-state index contributed by atoms with van der Waals surface area (Å²) in [5.74, 6) is 2.02. The van der Waals surface area contributed by atoms with Gasteiger partial charge >= 0.3 is 0 Å². The number of ether oxygens (including phenoxy) is 2. The second-order valence-electron chi connectivity index (χ2n) is 7.77. The SMILES string of the molecule is COc1ccc(C23CCN(C)C2CC(=O)CC3c2ccccc2)cc1OC. The molecule has 27 heavy (non-hydrogen) atoms. The highest BCUT2D eigenvalue weighted by Crippen LogP contribution is 2.55. The van der Waals surface area contributed by atoms with Gasteiger partial charge in [0, 0.05) is 30.2 Å². The molecule has 4 rings (SSSR count). The van der Waals surface area contributed by atoms with E-state index < -0.39 is 0 Å². The van der Waals surface area contributed by atoms with Crippen molar-refractivity contribution in [3.05, 3.63) is 59.7 Å². The van der Waals surface area contributed by atoms with Crippen LogP contribution in [0.4, 0.5) is 0 Å². The third-order valence-electron chi connectivity index (χ3n) is 6.60. The Morgan fingerprint density at radius 1 is 1.00 bits per heavy atom. The summed E-state index contributed by atoms with van der Waals surface area (Å²) in [5.41, 5.74) is 2.40. The van der Waals surface area contributed by atoms with E-state index in [-0.39, 0.29) is 17.4 Å². The lowest BCUT2D eigenvalue weighted by Gasteiger charge is -2.47. The maximum atomic E-state index is 12.7. The van der Waals surface area contributed by atoms with Gasteiger partial charge in [-0.3, -0.25) is 4.79 Å². The van der Waals surface area contributed by atoms with Crippen LogP contribution in [-0.2, 0) is 10.2 Å². The minimum Gasteiger partial charge on any atom is -0.493 e. The van der Waals surface area contributed by atoms with E-state index in [0.717, 1.165) is 24.5 Å². The van der Waals surface area contributed by atoms with Crippen LogP contribution < -0.4 is 9.47 Å². The van der Waals surface area contributed by atoms with Crippen LogP contribution in [0.2, 0.25) is 0 Å². The molecule has 0 amide bonds. The third-order valence-corrected chi connectivity index (χ3v) is 6.60. The second kappa shape index (κ2) is 7.01. The summed E-state index contributed by atoms with van der Waals surface area (Å²) in [7, 11) is 5.48. The van der Waals surface area contributed by atoms with Gasteiger partial charge in [-0.25, -0.2) is 0 Å². The van der Waals surface area contributed by atoms with E-state index in [1.165, 1.54) is 11.1 Å². The maximum Gasteiger partial charge on any atom is 0.161 e. The molecule has 3 unspecified atom stereocenters. The van der Waals surface area contributed by atoms with Crippen LogP contribution in [-0.4, -0.2) is 44.5 Å². The van der Waals surface area contributed by atoms with Gasteiger partial charge in [-0.1, -0.05) is 36.4 Å². The van der Waals surface area contributed by atoms with Crippen LogP contribution >= 0.6 is 0 Å². The molecule has 0 bridgehead atoms. The van der Waals surface area contributed by atoms with Gasteiger partial charge in [0.2, 0.25) is 0 Å². The molecule has 1 saturated heterocycles. The lowest BCUT2D eigenvalue weighted by atomic mass is 9.57. The summed E-state index contributed by atoms with van der Waals surface area (Å²) in [6.45, 7) is 0.996. The number of carbonyl (C=O) groups excluding carboxylic acids is 1. The van der Waals surface area contributed by atoms with Crippen molar-refractivity contribution in [3.8, 4) is 11.5 Å². The van der Waals surface area contributed by atoms with E-state index in [0.29, 0.717) is 18.6 Å². The van der Waals surface area contributed by atoms with Crippen LogP contribution in [0.25, 0.3) is 0 Å². The Kier molecular flexibility index (Phi) is 4.68. The highest BCUT2D eigenvalue weighted by Gasteiger charge is 2.56. The molecule has 4 heteroatoms. The van der Waals surface area contributed by atoms with Crippen LogP contribution in [0, 0.1) is 0 Å². The van der Waals surface area contributed by atoms with Crippen molar-refractivity contribution in [1.29, 1.82) is 0 Å². The molecule has 1 aliphatic heterocycles. The molecule has 1 heterocycles. The average molecular weight is 365 g/mol. The van der Waals surface area contributed by atoms with E-state index in [4.69, 9.17) is 9.47 Å². The van der Waals surface area contributed by atoms with Crippen molar-refractivity contribution < 1.29 is 14.3 Å². The summed E-state index contributed by atoms with van der Waals surface area (Å²) >= 11 is 0. The predicted molar refractivity (Wildman–Crippen MR) is 106 cm³/mol. The fourth-order valence-corrected chi connectivity index (χ4v) is 5.29. The number of fused-ring (bicyclic) bond motifs is 1. The molecule has 4 nitrogen and oxygen atoms in total. The summed E-state index contributed by atoms with van der Waals surface area (Å²) in [5, 5.41) is 0. The number of methoxy groups -OCH3 is 2. The number of ketones is 1. The molecule has 2 aliphatic rings. The molecular weight excluding hydrogens is 338 g/mol. The second-order valence-corrected chi connectivity index (χ2v) is 7.77. The van der Waals surface area contributed by atoms with Crippen molar-refractivity contribution in [2.24, 2.45) is 0 Å². The number of benzene rings is 2. The minimum absolute atomic E-state index is 0.0937. The van der Waals surface area contributed by atoms with Crippen LogP contribution in [0.3, 0.4) is 0 Å². The van der Waals surface area contributed by atoms with Crippen LogP contribution in [0.5, 0.6) is 11.5 Å². The van der Waals surface area contributed by atoms with Crippen molar-refractivity contribution in [1.82, 2.24) is 4.90 Å². The molecule has 1 aliphatic carbocycles. The van der Waals surface area contributed by atoms with Gasteiger partial charge in [-0.15, -0.1) is 0 Å². The van der Waals surface area contributed by atoms with Crippen molar-refractivity contribution >= 4 is 5.78 Å². The third kappa shape index (κ3) is 2.83. The van der Waals surface area contributed by atoms with Gasteiger partial charge in [0.25, 0.3) is 0 Å².